The van der Waals surface area contributed by atoms with E-state index in [9.17, 15) is 14.7 Å². The molecule has 4 unspecified atom stereocenters. The van der Waals surface area contributed by atoms with Gasteiger partial charge in [-0.15, -0.1) is 6.58 Å². The summed E-state index contributed by atoms with van der Waals surface area (Å²) in [6, 6.07) is 5.03. The number of phenolic OH excluding ortho intramolecular Hbond substituents is 1. The lowest BCUT2D eigenvalue weighted by Crippen LogP contribution is -2.53. The van der Waals surface area contributed by atoms with Crippen molar-refractivity contribution in [3.05, 3.63) is 48.3 Å². The Morgan fingerprint density at radius 1 is 1.41 bits per heavy atom. The van der Waals surface area contributed by atoms with E-state index in [0.29, 0.717) is 36.2 Å². The van der Waals surface area contributed by atoms with Gasteiger partial charge in [-0.05, 0) is 37.4 Å². The van der Waals surface area contributed by atoms with E-state index in [2.05, 4.69) is 16.8 Å². The second-order valence-corrected chi connectivity index (χ2v) is 7.93. The van der Waals surface area contributed by atoms with Crippen LogP contribution in [-0.2, 0) is 24.5 Å². The molecule has 2 saturated heterocycles. The molecule has 1 aromatic carbocycles. The van der Waals surface area contributed by atoms with Gasteiger partial charge in [0.05, 0.1) is 31.5 Å². The predicted molar refractivity (Wildman–Crippen MR) is 107 cm³/mol. The first-order valence-electron chi connectivity index (χ1n) is 9.79. The number of aromatic hydroxyl groups is 1. The maximum Gasteiger partial charge on any atom is 0.337 e. The normalized spacial score (nSPS) is 31.2. The number of nitrogens with zero attached hydrogens (tertiary/aromatic N) is 1. The topological polar surface area (TPSA) is 88.1 Å². The third-order valence-electron chi connectivity index (χ3n) is 6.75. The molecule has 4 rings (SSSR count). The monoisotopic (exact) mass is 398 g/mol. The summed E-state index contributed by atoms with van der Waals surface area (Å²) in [6.07, 6.45) is 4.47. The zero-order chi connectivity index (χ0) is 20.8. The predicted octanol–water partition coefficient (Wildman–Crippen LogP) is 2.18. The molecule has 1 amide bonds. The van der Waals surface area contributed by atoms with Crippen LogP contribution in [0, 0.1) is 11.8 Å². The highest BCUT2D eigenvalue weighted by atomic mass is 16.5. The number of fused-ring (bicyclic) bond motifs is 4. The van der Waals surface area contributed by atoms with Gasteiger partial charge in [-0.1, -0.05) is 12.1 Å². The third-order valence-corrected chi connectivity index (χ3v) is 6.75. The number of methoxy groups -OCH3 is 2. The van der Waals surface area contributed by atoms with Crippen molar-refractivity contribution in [3.8, 4) is 5.75 Å². The Bertz CT molecular complexity index is 895. The molecule has 0 radical (unpaired) electrons. The van der Waals surface area contributed by atoms with Crippen molar-refractivity contribution in [1.29, 1.82) is 0 Å². The molecule has 1 aromatic rings. The fraction of sp³-hybridized carbons (Fsp3) is 0.455. The summed E-state index contributed by atoms with van der Waals surface area (Å²) < 4.78 is 10.1. The summed E-state index contributed by atoms with van der Waals surface area (Å²) in [5.41, 5.74) is 0.945. The summed E-state index contributed by atoms with van der Waals surface area (Å²) >= 11 is 0. The number of phenols is 1. The van der Waals surface area contributed by atoms with Gasteiger partial charge in [0.1, 0.15) is 5.75 Å². The highest BCUT2D eigenvalue weighted by Gasteiger charge is 2.61. The molecule has 7 nitrogen and oxygen atoms in total. The van der Waals surface area contributed by atoms with E-state index in [1.165, 1.54) is 20.5 Å². The number of hydrogen-bond donors (Lipinski definition) is 2. The number of piperidine rings is 1. The zero-order valence-electron chi connectivity index (χ0n) is 16.7. The third kappa shape index (κ3) is 2.75. The smallest absolute Gasteiger partial charge is 0.337 e. The van der Waals surface area contributed by atoms with Gasteiger partial charge in [0.25, 0.3) is 0 Å². The number of carbonyl (C=O) groups is 2. The number of rotatable bonds is 4. The van der Waals surface area contributed by atoms with Crippen LogP contribution in [0.1, 0.15) is 18.4 Å². The van der Waals surface area contributed by atoms with E-state index in [1.807, 2.05) is 12.1 Å². The average Bonchev–Trinajstić information content (AvgIpc) is 3.24. The molecule has 1 spiro atoms. The van der Waals surface area contributed by atoms with Gasteiger partial charge in [0, 0.05) is 29.8 Å². The number of ether oxygens (including phenoxy) is 2. The fourth-order valence-electron chi connectivity index (χ4n) is 5.48. The van der Waals surface area contributed by atoms with Gasteiger partial charge in [-0.3, -0.25) is 9.69 Å². The van der Waals surface area contributed by atoms with E-state index < -0.39 is 11.4 Å². The summed E-state index contributed by atoms with van der Waals surface area (Å²) in [4.78, 5) is 27.9. The van der Waals surface area contributed by atoms with Crippen molar-refractivity contribution in [2.75, 3.05) is 32.6 Å². The maximum absolute atomic E-state index is 13.2. The first-order valence-corrected chi connectivity index (χ1v) is 9.79. The highest BCUT2D eigenvalue weighted by Crippen LogP contribution is 2.55. The average molecular weight is 398 g/mol. The van der Waals surface area contributed by atoms with Gasteiger partial charge >= 0.3 is 5.97 Å². The Labute approximate surface area is 170 Å². The molecule has 4 atom stereocenters. The molecule has 0 bridgehead atoms. The SMILES string of the molecule is C=CC1CN2CCC3(C(=O)Nc4cccc(O)c43)C2CC1C(=COC)C(=O)OC. The lowest BCUT2D eigenvalue weighted by Gasteiger charge is -2.44. The van der Waals surface area contributed by atoms with Crippen molar-refractivity contribution < 1.29 is 24.2 Å². The van der Waals surface area contributed by atoms with Crippen LogP contribution in [0.15, 0.2) is 42.7 Å². The highest BCUT2D eigenvalue weighted by molar-refractivity contribution is 6.08. The Kier molecular flexibility index (Phi) is 4.86. The van der Waals surface area contributed by atoms with E-state index in [1.54, 1.807) is 12.1 Å². The molecule has 2 N–H and O–H groups in total. The molecule has 7 heteroatoms. The second kappa shape index (κ2) is 7.22. The number of benzene rings is 1. The standard InChI is InChI=1S/C22H26N2O5/c1-4-13-11-24-9-8-22(19-16(23-21(22)27)6-5-7-17(19)25)18(24)10-14(13)15(12-28-2)20(26)29-3/h4-7,12-14,18,25H,1,8-11H2,2-3H3,(H,23,27). The molecule has 3 aliphatic heterocycles. The first-order chi connectivity index (χ1) is 14.0. The zero-order valence-corrected chi connectivity index (χ0v) is 16.7. The Balaban J connectivity index is 1.78. The molecular formula is C22H26N2O5. The first kappa shape index (κ1) is 19.5. The van der Waals surface area contributed by atoms with Gasteiger partial charge in [0.15, 0.2) is 0 Å². The molecule has 3 heterocycles. The van der Waals surface area contributed by atoms with Crippen molar-refractivity contribution >= 4 is 17.6 Å². The number of hydrogen-bond acceptors (Lipinski definition) is 6. The van der Waals surface area contributed by atoms with E-state index in [4.69, 9.17) is 9.47 Å². The van der Waals surface area contributed by atoms with Crippen LogP contribution in [0.25, 0.3) is 0 Å². The Morgan fingerprint density at radius 2 is 2.21 bits per heavy atom. The number of nitrogens with one attached hydrogen (secondary N) is 1. The minimum atomic E-state index is -0.834. The number of esters is 1. The summed E-state index contributed by atoms with van der Waals surface area (Å²) in [7, 11) is 2.84. The lowest BCUT2D eigenvalue weighted by molar-refractivity contribution is -0.137. The number of anilines is 1. The van der Waals surface area contributed by atoms with Crippen LogP contribution in [0.5, 0.6) is 5.75 Å². The van der Waals surface area contributed by atoms with Crippen molar-refractivity contribution in [2.24, 2.45) is 11.8 Å². The Morgan fingerprint density at radius 3 is 2.90 bits per heavy atom. The quantitative estimate of drug-likeness (QED) is 0.350. The minimum Gasteiger partial charge on any atom is -0.508 e. The van der Waals surface area contributed by atoms with Crippen LogP contribution in [0.3, 0.4) is 0 Å². The van der Waals surface area contributed by atoms with Gasteiger partial charge < -0.3 is 19.9 Å². The molecule has 0 aromatic heterocycles. The van der Waals surface area contributed by atoms with E-state index in [-0.39, 0.29) is 29.5 Å². The van der Waals surface area contributed by atoms with E-state index in [0.717, 1.165) is 6.54 Å². The van der Waals surface area contributed by atoms with Crippen molar-refractivity contribution in [1.82, 2.24) is 4.90 Å². The number of carbonyl (C=O) groups excluding carboxylic acids is 2. The molecular weight excluding hydrogens is 372 g/mol. The second-order valence-electron chi connectivity index (χ2n) is 7.93. The molecule has 154 valence electrons. The van der Waals surface area contributed by atoms with Crippen LogP contribution in [0.4, 0.5) is 5.69 Å². The van der Waals surface area contributed by atoms with Crippen molar-refractivity contribution in [2.45, 2.75) is 24.3 Å². The fourth-order valence-corrected chi connectivity index (χ4v) is 5.48. The molecule has 0 aliphatic carbocycles. The van der Waals surface area contributed by atoms with Crippen LogP contribution in [0.2, 0.25) is 0 Å². The molecule has 2 fully saturated rings. The van der Waals surface area contributed by atoms with Gasteiger partial charge in [-0.25, -0.2) is 4.79 Å². The Hall–Kier alpha value is -2.80. The molecule has 29 heavy (non-hydrogen) atoms. The molecule has 0 saturated carbocycles. The maximum atomic E-state index is 13.2. The molecule has 3 aliphatic rings. The summed E-state index contributed by atoms with van der Waals surface area (Å²) in [5.74, 6) is -0.573. The summed E-state index contributed by atoms with van der Waals surface area (Å²) in [6.45, 7) is 5.38. The van der Waals surface area contributed by atoms with E-state index >= 15 is 0 Å². The minimum absolute atomic E-state index is 0.0233. The van der Waals surface area contributed by atoms with Crippen LogP contribution >= 0.6 is 0 Å². The van der Waals surface area contributed by atoms with Gasteiger partial charge in [-0.2, -0.15) is 0 Å². The summed E-state index contributed by atoms with van der Waals surface area (Å²) in [5, 5.41) is 13.6. The largest absolute Gasteiger partial charge is 0.508 e. The lowest BCUT2D eigenvalue weighted by atomic mass is 9.67. The van der Waals surface area contributed by atoms with Crippen LogP contribution in [-0.4, -0.2) is 55.2 Å². The van der Waals surface area contributed by atoms with Gasteiger partial charge in [0.2, 0.25) is 5.91 Å². The van der Waals surface area contributed by atoms with Crippen LogP contribution < -0.4 is 5.32 Å². The van der Waals surface area contributed by atoms with Crippen molar-refractivity contribution in [3.63, 3.8) is 0 Å². The number of amides is 1.